The van der Waals surface area contributed by atoms with Gasteiger partial charge < -0.3 is 9.64 Å². The lowest BCUT2D eigenvalue weighted by molar-refractivity contribution is 0.142. The Morgan fingerprint density at radius 2 is 1.97 bits per heavy atom. The number of carbonyl (C=O) groups excluding carboxylic acids is 1. The molecule has 4 rings (SSSR count). The molecule has 1 aliphatic carbocycles. The van der Waals surface area contributed by atoms with Crippen LogP contribution in [0.15, 0.2) is 53.9 Å². The zero-order valence-electron chi connectivity index (χ0n) is 20.8. The lowest BCUT2D eigenvalue weighted by atomic mass is 9.97. The van der Waals surface area contributed by atoms with Gasteiger partial charge in [0.1, 0.15) is 31.1 Å². The second kappa shape index (κ2) is 11.8. The normalized spacial score (nSPS) is 22.1. The number of ether oxygens (including phenoxy) is 1. The Balaban J connectivity index is 1.62. The van der Waals surface area contributed by atoms with E-state index in [1.807, 2.05) is 19.1 Å². The van der Waals surface area contributed by atoms with Crippen molar-refractivity contribution in [1.82, 2.24) is 9.88 Å². The quantitative estimate of drug-likeness (QED) is 0.308. The van der Waals surface area contributed by atoms with Crippen LogP contribution in [0.4, 0.5) is 23.8 Å². The molecule has 2 aliphatic heterocycles. The number of aromatic nitrogens is 1. The zero-order chi connectivity index (χ0) is 25.7. The molecule has 1 aromatic rings. The molecule has 0 N–H and O–H groups in total. The van der Waals surface area contributed by atoms with Crippen molar-refractivity contribution in [3.63, 3.8) is 0 Å². The standard InChI is InChI=1S/C28H34F3N3O2/c1-3-25-27(23(14-19(2)31)15-21(16-29)17-30)36-28(35)34(25)18-24-22(7-4-6-20-8-9-20)10-11-26(32-24)33-12-5-13-33/h4,7,10-11,14-15,20,25,27H,2-3,5-6,8-9,12-13,16-18H2,1H3/b7-4+,23-14+. The number of hydrogen-bond acceptors (Lipinski definition) is 4. The fourth-order valence-corrected chi connectivity index (χ4v) is 4.60. The highest BCUT2D eigenvalue weighted by Gasteiger charge is 2.42. The van der Waals surface area contributed by atoms with Crippen molar-refractivity contribution >= 4 is 18.0 Å². The van der Waals surface area contributed by atoms with Crippen molar-refractivity contribution in [2.24, 2.45) is 5.92 Å². The van der Waals surface area contributed by atoms with E-state index in [-0.39, 0.29) is 17.7 Å². The van der Waals surface area contributed by atoms with Crippen LogP contribution in [0.2, 0.25) is 0 Å². The van der Waals surface area contributed by atoms with Crippen molar-refractivity contribution in [2.75, 3.05) is 31.3 Å². The van der Waals surface area contributed by atoms with Crippen LogP contribution >= 0.6 is 0 Å². The summed E-state index contributed by atoms with van der Waals surface area (Å²) < 4.78 is 45.8. The SMILES string of the molecule is C=C(F)/C=C(\C=C(CF)CF)C1OC(=O)N(Cc2nc(N3CCC3)ccc2/C=C/CC2CC2)C1CC. The number of halogens is 3. The second-order valence-electron chi connectivity index (χ2n) is 9.70. The Labute approximate surface area is 211 Å². The molecule has 194 valence electrons. The van der Waals surface area contributed by atoms with Gasteiger partial charge in [-0.15, -0.1) is 0 Å². The van der Waals surface area contributed by atoms with Crippen LogP contribution in [-0.2, 0) is 11.3 Å². The summed E-state index contributed by atoms with van der Waals surface area (Å²) in [6.07, 6.45) is 10.3. The van der Waals surface area contributed by atoms with Crippen LogP contribution in [-0.4, -0.2) is 54.6 Å². The van der Waals surface area contributed by atoms with Crippen LogP contribution < -0.4 is 4.90 Å². The molecule has 3 aliphatic rings. The largest absolute Gasteiger partial charge is 0.439 e. The van der Waals surface area contributed by atoms with E-state index in [0.29, 0.717) is 6.42 Å². The van der Waals surface area contributed by atoms with E-state index in [1.54, 1.807) is 4.90 Å². The Bertz CT molecular complexity index is 1050. The Kier molecular flexibility index (Phi) is 8.54. The summed E-state index contributed by atoms with van der Waals surface area (Å²) in [7, 11) is 0. The lowest BCUT2D eigenvalue weighted by Crippen LogP contribution is -2.39. The third kappa shape index (κ3) is 6.20. The lowest BCUT2D eigenvalue weighted by Gasteiger charge is -2.32. The van der Waals surface area contributed by atoms with Gasteiger partial charge in [0.05, 0.1) is 18.3 Å². The molecule has 0 bridgehead atoms. The third-order valence-corrected chi connectivity index (χ3v) is 6.95. The molecule has 2 unspecified atom stereocenters. The maximum Gasteiger partial charge on any atom is 0.411 e. The molecule has 1 amide bonds. The van der Waals surface area contributed by atoms with Crippen molar-refractivity contribution in [1.29, 1.82) is 0 Å². The van der Waals surface area contributed by atoms with E-state index in [2.05, 4.69) is 23.6 Å². The van der Waals surface area contributed by atoms with Gasteiger partial charge in [-0.2, -0.15) is 0 Å². The molecular weight excluding hydrogens is 467 g/mol. The fraction of sp³-hybridized carbons (Fsp3) is 0.500. The molecule has 2 atom stereocenters. The van der Waals surface area contributed by atoms with Crippen molar-refractivity contribution < 1.29 is 22.7 Å². The van der Waals surface area contributed by atoms with Gasteiger partial charge in [-0.3, -0.25) is 4.90 Å². The highest BCUT2D eigenvalue weighted by Crippen LogP contribution is 2.34. The fourth-order valence-electron chi connectivity index (χ4n) is 4.60. The van der Waals surface area contributed by atoms with Gasteiger partial charge in [-0.05, 0) is 72.9 Å². The molecule has 36 heavy (non-hydrogen) atoms. The van der Waals surface area contributed by atoms with Crippen molar-refractivity contribution in [3.8, 4) is 0 Å². The number of alkyl halides is 2. The van der Waals surface area contributed by atoms with Gasteiger partial charge in [-0.25, -0.2) is 22.9 Å². The number of pyridine rings is 1. The first-order valence-electron chi connectivity index (χ1n) is 12.7. The summed E-state index contributed by atoms with van der Waals surface area (Å²) in [5.41, 5.74) is 1.73. The third-order valence-electron chi connectivity index (χ3n) is 6.95. The Morgan fingerprint density at radius 1 is 1.22 bits per heavy atom. The van der Waals surface area contributed by atoms with E-state index in [4.69, 9.17) is 9.72 Å². The maximum absolute atomic E-state index is 13.8. The molecule has 0 aromatic carbocycles. The first kappa shape index (κ1) is 26.0. The van der Waals surface area contributed by atoms with Crippen molar-refractivity contribution in [2.45, 2.75) is 57.7 Å². The van der Waals surface area contributed by atoms with E-state index in [0.717, 1.165) is 55.0 Å². The minimum Gasteiger partial charge on any atom is -0.439 e. The number of anilines is 1. The molecule has 1 saturated carbocycles. The Morgan fingerprint density at radius 3 is 2.56 bits per heavy atom. The number of allylic oxidation sites excluding steroid dienone is 4. The molecular formula is C28H34F3N3O2. The molecule has 2 saturated heterocycles. The van der Waals surface area contributed by atoms with Crippen LogP contribution in [0, 0.1) is 5.92 Å². The summed E-state index contributed by atoms with van der Waals surface area (Å²) in [4.78, 5) is 21.7. The van der Waals surface area contributed by atoms with Crippen LogP contribution in [0.3, 0.4) is 0 Å². The number of amides is 1. The van der Waals surface area contributed by atoms with Gasteiger partial charge in [0, 0.05) is 13.1 Å². The van der Waals surface area contributed by atoms with E-state index in [9.17, 15) is 18.0 Å². The molecule has 0 radical (unpaired) electrons. The van der Waals surface area contributed by atoms with E-state index >= 15 is 0 Å². The van der Waals surface area contributed by atoms with Crippen molar-refractivity contribution in [3.05, 3.63) is 65.2 Å². The average Bonchev–Trinajstić information content (AvgIpc) is 3.59. The van der Waals surface area contributed by atoms with E-state index in [1.165, 1.54) is 18.9 Å². The van der Waals surface area contributed by atoms with Gasteiger partial charge in [0.15, 0.2) is 0 Å². The minimum atomic E-state index is -1.02. The molecule has 1 aromatic heterocycles. The van der Waals surface area contributed by atoms with Gasteiger partial charge >= 0.3 is 6.09 Å². The van der Waals surface area contributed by atoms with Crippen LogP contribution in [0.1, 0.15) is 50.3 Å². The summed E-state index contributed by atoms with van der Waals surface area (Å²) in [6, 6.07) is 3.59. The summed E-state index contributed by atoms with van der Waals surface area (Å²) in [5, 5.41) is 0. The van der Waals surface area contributed by atoms with Gasteiger partial charge in [0.25, 0.3) is 0 Å². The number of cyclic esters (lactones) is 1. The van der Waals surface area contributed by atoms with Crippen LogP contribution in [0.5, 0.6) is 0 Å². The summed E-state index contributed by atoms with van der Waals surface area (Å²) in [6.45, 7) is 5.22. The molecule has 5 nitrogen and oxygen atoms in total. The Hall–Kier alpha value is -3.03. The monoisotopic (exact) mass is 501 g/mol. The van der Waals surface area contributed by atoms with Gasteiger partial charge in [0.2, 0.25) is 0 Å². The number of nitrogens with zero attached hydrogens (tertiary/aromatic N) is 3. The second-order valence-corrected chi connectivity index (χ2v) is 9.70. The van der Waals surface area contributed by atoms with Crippen LogP contribution in [0.25, 0.3) is 6.08 Å². The smallest absolute Gasteiger partial charge is 0.411 e. The highest BCUT2D eigenvalue weighted by molar-refractivity contribution is 5.72. The predicted molar refractivity (Wildman–Crippen MR) is 136 cm³/mol. The zero-order valence-corrected chi connectivity index (χ0v) is 20.8. The molecule has 8 heteroatoms. The number of carbonyl (C=O) groups is 1. The molecule has 0 spiro atoms. The number of hydrogen-bond donors (Lipinski definition) is 0. The summed E-state index contributed by atoms with van der Waals surface area (Å²) in [5.74, 6) is 0.856. The van der Waals surface area contributed by atoms with Gasteiger partial charge in [-0.1, -0.05) is 31.7 Å². The number of rotatable bonds is 12. The first-order chi connectivity index (χ1) is 17.4. The molecule has 3 fully saturated rings. The predicted octanol–water partition coefficient (Wildman–Crippen LogP) is 6.48. The highest BCUT2D eigenvalue weighted by atomic mass is 19.1. The topological polar surface area (TPSA) is 45.7 Å². The first-order valence-corrected chi connectivity index (χ1v) is 12.7. The summed E-state index contributed by atoms with van der Waals surface area (Å²) >= 11 is 0. The average molecular weight is 502 g/mol. The van der Waals surface area contributed by atoms with E-state index < -0.39 is 37.4 Å². The molecule has 3 heterocycles. The minimum absolute atomic E-state index is 0.154. The maximum atomic E-state index is 13.8.